The quantitative estimate of drug-likeness (QED) is 0.363. The second kappa shape index (κ2) is 9.70. The zero-order valence-electron chi connectivity index (χ0n) is 18.9. The van der Waals surface area contributed by atoms with Gasteiger partial charge in [0.1, 0.15) is 29.4 Å². The number of pyridine rings is 2. The van der Waals surface area contributed by atoms with Crippen molar-refractivity contribution in [2.75, 3.05) is 18.1 Å². The fourth-order valence-electron chi connectivity index (χ4n) is 4.56. The van der Waals surface area contributed by atoms with Crippen molar-refractivity contribution in [3.63, 3.8) is 0 Å². The minimum atomic E-state index is -0.406. The Labute approximate surface area is 212 Å². The normalized spacial score (nSPS) is 16.4. The number of benzene rings is 1. The average molecular weight is 509 g/mol. The van der Waals surface area contributed by atoms with E-state index in [4.69, 9.17) is 27.9 Å². The minimum Gasteiger partial charge on any atom is -0.486 e. The van der Waals surface area contributed by atoms with Crippen molar-refractivity contribution < 1.29 is 9.84 Å². The largest absolute Gasteiger partial charge is 0.486 e. The number of halogens is 2. The van der Waals surface area contributed by atoms with Crippen LogP contribution in [-0.2, 0) is 0 Å². The first-order valence-corrected chi connectivity index (χ1v) is 12.0. The molecule has 0 saturated carbocycles. The Morgan fingerprint density at radius 1 is 1.26 bits per heavy atom. The summed E-state index contributed by atoms with van der Waals surface area (Å²) in [5.74, 6) is 1.21. The number of H-pyrrole nitrogens is 1. The van der Waals surface area contributed by atoms with Crippen LogP contribution in [0.15, 0.2) is 42.9 Å². The third-order valence-electron chi connectivity index (χ3n) is 6.26. The van der Waals surface area contributed by atoms with Crippen LogP contribution in [-0.4, -0.2) is 44.5 Å². The van der Waals surface area contributed by atoms with Crippen LogP contribution in [0.25, 0.3) is 22.2 Å². The number of fused-ring (bicyclic) bond motifs is 1. The molecule has 178 valence electrons. The number of hydrogen-bond acceptors (Lipinski definition) is 7. The molecule has 3 aromatic heterocycles. The maximum absolute atomic E-state index is 9.82. The highest BCUT2D eigenvalue weighted by Crippen LogP contribution is 2.36. The lowest BCUT2D eigenvalue weighted by Gasteiger charge is -2.25. The van der Waals surface area contributed by atoms with Crippen LogP contribution in [0.1, 0.15) is 37.0 Å². The number of nitriles is 1. The monoisotopic (exact) mass is 508 g/mol. The van der Waals surface area contributed by atoms with Crippen LogP contribution in [0, 0.1) is 11.3 Å². The molecule has 1 aliphatic rings. The fourth-order valence-corrected chi connectivity index (χ4v) is 5.23. The van der Waals surface area contributed by atoms with E-state index >= 15 is 0 Å². The zero-order chi connectivity index (χ0) is 24.5. The Kier molecular flexibility index (Phi) is 6.48. The Bertz CT molecular complexity index is 1410. The summed E-state index contributed by atoms with van der Waals surface area (Å²) in [5.41, 5.74) is 3.30. The van der Waals surface area contributed by atoms with Gasteiger partial charge in [0.2, 0.25) is 0 Å². The standard InChI is InChI=1S/C25H22Cl2N6O2/c1-14(23-20(26)11-29-12-21(23)27)35-18-4-5-22-19(8-18)24(32-31-22)16-7-15(9-28)25(30-10-16)33-6-2-3-17(33)13-34/h4-5,7-8,10-12,14,17,34H,2-3,6,13H2,1H3,(H,31,32)/t14?,17-/m0/s1. The summed E-state index contributed by atoms with van der Waals surface area (Å²) in [6, 6.07) is 9.63. The molecule has 0 radical (unpaired) electrons. The first kappa shape index (κ1) is 23.4. The number of aliphatic hydroxyl groups excluding tert-OH is 1. The SMILES string of the molecule is CC(Oc1ccc2[nH]nc(-c3cnc(N4CCC[C@H]4CO)c(C#N)c3)c2c1)c1c(Cl)cncc1Cl. The summed E-state index contributed by atoms with van der Waals surface area (Å²) in [7, 11) is 0. The number of ether oxygens (including phenoxy) is 1. The van der Waals surface area contributed by atoms with Gasteiger partial charge < -0.3 is 14.7 Å². The fraction of sp³-hybridized carbons (Fsp3) is 0.280. The van der Waals surface area contributed by atoms with E-state index in [1.54, 1.807) is 12.3 Å². The lowest BCUT2D eigenvalue weighted by molar-refractivity contribution is 0.227. The number of aromatic amines is 1. The molecular weight excluding hydrogens is 487 g/mol. The molecule has 0 aliphatic carbocycles. The van der Waals surface area contributed by atoms with Crippen molar-refractivity contribution >= 4 is 39.9 Å². The topological polar surface area (TPSA) is 111 Å². The number of anilines is 1. The molecule has 2 N–H and O–H groups in total. The predicted octanol–water partition coefficient (Wildman–Crippen LogP) is 5.30. The summed E-state index contributed by atoms with van der Waals surface area (Å²) in [5, 5.41) is 28.7. The Hall–Kier alpha value is -3.38. The Balaban J connectivity index is 1.48. The van der Waals surface area contributed by atoms with Crippen LogP contribution in [0.2, 0.25) is 10.0 Å². The number of rotatable bonds is 6. The van der Waals surface area contributed by atoms with E-state index in [1.807, 2.05) is 30.0 Å². The molecule has 5 rings (SSSR count). The molecule has 1 aromatic carbocycles. The molecule has 1 fully saturated rings. The average Bonchev–Trinajstić information content (AvgIpc) is 3.50. The molecule has 1 aliphatic heterocycles. The molecule has 1 unspecified atom stereocenters. The molecule has 0 amide bonds. The second-order valence-electron chi connectivity index (χ2n) is 8.44. The smallest absolute Gasteiger partial charge is 0.146 e. The summed E-state index contributed by atoms with van der Waals surface area (Å²) < 4.78 is 6.15. The maximum atomic E-state index is 9.82. The van der Waals surface area contributed by atoms with E-state index in [0.29, 0.717) is 44.0 Å². The van der Waals surface area contributed by atoms with Gasteiger partial charge in [-0.15, -0.1) is 0 Å². The lowest BCUT2D eigenvalue weighted by atomic mass is 10.1. The molecular formula is C25H22Cl2N6O2. The van der Waals surface area contributed by atoms with Crippen LogP contribution in [0.3, 0.4) is 0 Å². The first-order valence-electron chi connectivity index (χ1n) is 11.2. The number of aromatic nitrogens is 4. The van der Waals surface area contributed by atoms with Gasteiger partial charge in [0, 0.05) is 41.6 Å². The van der Waals surface area contributed by atoms with Gasteiger partial charge in [0.25, 0.3) is 0 Å². The van der Waals surface area contributed by atoms with Crippen molar-refractivity contribution in [3.8, 4) is 23.1 Å². The molecule has 35 heavy (non-hydrogen) atoms. The van der Waals surface area contributed by atoms with Gasteiger partial charge in [-0.2, -0.15) is 10.4 Å². The summed E-state index contributed by atoms with van der Waals surface area (Å²) in [6.07, 6.45) is 6.22. The van der Waals surface area contributed by atoms with Gasteiger partial charge >= 0.3 is 0 Å². The highest BCUT2D eigenvalue weighted by atomic mass is 35.5. The number of hydrogen-bond donors (Lipinski definition) is 2. The third-order valence-corrected chi connectivity index (χ3v) is 6.87. The van der Waals surface area contributed by atoms with Gasteiger partial charge in [0.15, 0.2) is 0 Å². The second-order valence-corrected chi connectivity index (χ2v) is 9.25. The highest BCUT2D eigenvalue weighted by Gasteiger charge is 2.27. The van der Waals surface area contributed by atoms with Crippen LogP contribution < -0.4 is 9.64 Å². The molecule has 4 heterocycles. The van der Waals surface area contributed by atoms with Gasteiger partial charge in [-0.05, 0) is 44.0 Å². The van der Waals surface area contributed by atoms with Crippen molar-refractivity contribution in [3.05, 3.63) is 64.0 Å². The minimum absolute atomic E-state index is 0.0178. The van der Waals surface area contributed by atoms with Crippen molar-refractivity contribution in [1.82, 2.24) is 20.2 Å². The van der Waals surface area contributed by atoms with Gasteiger partial charge in [-0.25, -0.2) is 4.98 Å². The van der Waals surface area contributed by atoms with Crippen molar-refractivity contribution in [2.24, 2.45) is 0 Å². The van der Waals surface area contributed by atoms with Crippen molar-refractivity contribution in [2.45, 2.75) is 31.9 Å². The van der Waals surface area contributed by atoms with Gasteiger partial charge in [-0.3, -0.25) is 10.1 Å². The van der Waals surface area contributed by atoms with E-state index in [9.17, 15) is 10.4 Å². The van der Waals surface area contributed by atoms with Crippen LogP contribution >= 0.6 is 23.2 Å². The third kappa shape index (κ3) is 4.39. The van der Waals surface area contributed by atoms with E-state index in [2.05, 4.69) is 26.2 Å². The van der Waals surface area contributed by atoms with Gasteiger partial charge in [0.05, 0.1) is 33.8 Å². The lowest BCUT2D eigenvalue weighted by Crippen LogP contribution is -2.33. The molecule has 10 heteroatoms. The molecule has 1 saturated heterocycles. The zero-order valence-corrected chi connectivity index (χ0v) is 20.4. The van der Waals surface area contributed by atoms with E-state index in [1.165, 1.54) is 12.4 Å². The molecule has 2 atom stereocenters. The predicted molar refractivity (Wildman–Crippen MR) is 135 cm³/mol. The Morgan fingerprint density at radius 2 is 2.06 bits per heavy atom. The molecule has 8 nitrogen and oxygen atoms in total. The first-order chi connectivity index (χ1) is 17.0. The summed E-state index contributed by atoms with van der Waals surface area (Å²) >= 11 is 12.6. The maximum Gasteiger partial charge on any atom is 0.146 e. The van der Waals surface area contributed by atoms with Crippen LogP contribution in [0.5, 0.6) is 5.75 Å². The summed E-state index contributed by atoms with van der Waals surface area (Å²) in [6.45, 7) is 2.67. The van der Waals surface area contributed by atoms with Crippen LogP contribution in [0.4, 0.5) is 5.82 Å². The number of nitrogens with zero attached hydrogens (tertiary/aromatic N) is 5. The Morgan fingerprint density at radius 3 is 2.80 bits per heavy atom. The van der Waals surface area contributed by atoms with Gasteiger partial charge in [-0.1, -0.05) is 23.2 Å². The molecule has 4 aromatic rings. The highest BCUT2D eigenvalue weighted by molar-refractivity contribution is 6.35. The van der Waals surface area contributed by atoms with E-state index < -0.39 is 6.10 Å². The summed E-state index contributed by atoms with van der Waals surface area (Å²) in [4.78, 5) is 10.6. The van der Waals surface area contributed by atoms with E-state index in [0.717, 1.165) is 30.3 Å². The molecule has 0 bridgehead atoms. The number of nitrogens with one attached hydrogen (secondary N) is 1. The van der Waals surface area contributed by atoms with Crippen molar-refractivity contribution in [1.29, 1.82) is 5.26 Å². The molecule has 0 spiro atoms. The number of aliphatic hydroxyl groups is 1. The van der Waals surface area contributed by atoms with E-state index in [-0.39, 0.29) is 12.6 Å².